The molecule has 0 saturated carbocycles. The Morgan fingerprint density at radius 3 is 2.62 bits per heavy atom. The third-order valence-corrected chi connectivity index (χ3v) is 6.13. The molecular weight excluding hydrogens is 382 g/mol. The van der Waals surface area contributed by atoms with Gasteiger partial charge < -0.3 is 10.3 Å². The molecule has 1 aliphatic heterocycles. The number of nitrogens with zero attached hydrogens (tertiary/aromatic N) is 1. The first-order valence-electron chi connectivity index (χ1n) is 9.60. The molecule has 0 aliphatic carbocycles. The fourth-order valence-electron chi connectivity index (χ4n) is 3.85. The van der Waals surface area contributed by atoms with Crippen LogP contribution in [-0.2, 0) is 10.5 Å². The Balaban J connectivity index is 1.67. The number of rotatable bonds is 4. The van der Waals surface area contributed by atoms with Crippen LogP contribution in [0.15, 0.2) is 52.4 Å². The largest absolute Gasteiger partial charge is 0.310 e. The van der Waals surface area contributed by atoms with E-state index in [0.717, 1.165) is 22.3 Å². The van der Waals surface area contributed by atoms with E-state index in [1.165, 1.54) is 17.3 Å². The Morgan fingerprint density at radius 2 is 1.86 bits per heavy atom. The van der Waals surface area contributed by atoms with Crippen molar-refractivity contribution in [1.82, 2.24) is 9.97 Å². The zero-order valence-corrected chi connectivity index (χ0v) is 17.5. The Bertz CT molecular complexity index is 1150. The Morgan fingerprint density at radius 1 is 1.07 bits per heavy atom. The van der Waals surface area contributed by atoms with Gasteiger partial charge in [0.1, 0.15) is 5.82 Å². The van der Waals surface area contributed by atoms with Crippen molar-refractivity contribution < 1.29 is 4.79 Å². The lowest BCUT2D eigenvalue weighted by atomic mass is 9.84. The van der Waals surface area contributed by atoms with Gasteiger partial charge in [0.2, 0.25) is 5.91 Å². The van der Waals surface area contributed by atoms with Crippen molar-refractivity contribution in [2.24, 2.45) is 0 Å². The highest BCUT2D eigenvalue weighted by molar-refractivity contribution is 7.98. The molecule has 1 aliphatic rings. The number of amides is 1. The molecule has 29 heavy (non-hydrogen) atoms. The summed E-state index contributed by atoms with van der Waals surface area (Å²) < 4.78 is 0. The number of H-pyrrole nitrogens is 1. The van der Waals surface area contributed by atoms with Crippen molar-refractivity contribution in [2.75, 3.05) is 5.32 Å². The topological polar surface area (TPSA) is 74.8 Å². The van der Waals surface area contributed by atoms with E-state index in [9.17, 15) is 9.59 Å². The zero-order chi connectivity index (χ0) is 20.5. The summed E-state index contributed by atoms with van der Waals surface area (Å²) in [5.41, 5.74) is 5.93. The van der Waals surface area contributed by atoms with Crippen LogP contribution in [0, 0.1) is 20.8 Å². The number of aromatic amines is 1. The van der Waals surface area contributed by atoms with Gasteiger partial charge in [-0.05, 0) is 37.5 Å². The highest BCUT2D eigenvalue weighted by Crippen LogP contribution is 2.36. The lowest BCUT2D eigenvalue weighted by molar-refractivity contribution is -0.116. The number of thioether (sulfide) groups is 1. The van der Waals surface area contributed by atoms with Gasteiger partial charge in [-0.15, -0.1) is 0 Å². The van der Waals surface area contributed by atoms with Gasteiger partial charge in [-0.25, -0.2) is 4.98 Å². The van der Waals surface area contributed by atoms with Crippen molar-refractivity contribution >= 4 is 23.5 Å². The van der Waals surface area contributed by atoms with Crippen molar-refractivity contribution in [3.63, 3.8) is 0 Å². The fraction of sp³-hybridized carbons (Fsp3) is 0.261. The molecule has 5 nitrogen and oxygen atoms in total. The van der Waals surface area contributed by atoms with E-state index < -0.39 is 0 Å². The molecule has 1 atom stereocenters. The molecule has 0 radical (unpaired) electrons. The molecular formula is C23H23N3O2S. The van der Waals surface area contributed by atoms with Crippen LogP contribution < -0.4 is 10.9 Å². The monoisotopic (exact) mass is 405 g/mol. The summed E-state index contributed by atoms with van der Waals surface area (Å²) >= 11 is 1.45. The van der Waals surface area contributed by atoms with Crippen LogP contribution in [-0.4, -0.2) is 15.9 Å². The van der Waals surface area contributed by atoms with E-state index in [1.54, 1.807) is 0 Å². The highest BCUT2D eigenvalue weighted by atomic mass is 32.2. The molecule has 6 heteroatoms. The number of fused-ring (bicyclic) bond motifs is 1. The standard InChI is InChI=1S/C23H23N3O2S/c1-13-5-4-6-16(10-13)12-29-23-25-21-20(22(28)26-23)18(11-19(27)24-21)17-8-7-14(2)9-15(17)3/h4-10,18H,11-12H2,1-3H3,(H2,24,25,26,27,28)/t18-/m1/s1. The average Bonchev–Trinajstić information content (AvgIpc) is 2.65. The average molecular weight is 406 g/mol. The van der Waals surface area contributed by atoms with Gasteiger partial charge in [0.25, 0.3) is 5.56 Å². The lowest BCUT2D eigenvalue weighted by Gasteiger charge is -2.25. The maximum absolute atomic E-state index is 13.0. The summed E-state index contributed by atoms with van der Waals surface area (Å²) in [5.74, 6) is 0.668. The zero-order valence-electron chi connectivity index (χ0n) is 16.7. The summed E-state index contributed by atoms with van der Waals surface area (Å²) in [6, 6.07) is 14.3. The minimum Gasteiger partial charge on any atom is -0.310 e. The van der Waals surface area contributed by atoms with Crippen LogP contribution in [0.3, 0.4) is 0 Å². The third kappa shape index (κ3) is 4.12. The molecule has 2 N–H and O–H groups in total. The van der Waals surface area contributed by atoms with Crippen LogP contribution in [0.4, 0.5) is 5.82 Å². The number of aromatic nitrogens is 2. The maximum atomic E-state index is 13.0. The van der Waals surface area contributed by atoms with Gasteiger partial charge in [-0.2, -0.15) is 0 Å². The van der Waals surface area contributed by atoms with Crippen LogP contribution in [0.2, 0.25) is 0 Å². The minimum absolute atomic E-state index is 0.116. The van der Waals surface area contributed by atoms with Crippen LogP contribution in [0.1, 0.15) is 45.7 Å². The van der Waals surface area contributed by atoms with Gasteiger partial charge in [0, 0.05) is 18.1 Å². The van der Waals surface area contributed by atoms with Gasteiger partial charge in [0.05, 0.1) is 5.56 Å². The van der Waals surface area contributed by atoms with E-state index in [-0.39, 0.29) is 23.8 Å². The van der Waals surface area contributed by atoms with Crippen molar-refractivity contribution in [2.45, 2.75) is 44.0 Å². The second kappa shape index (κ2) is 7.87. The lowest BCUT2D eigenvalue weighted by Crippen LogP contribution is -2.31. The molecule has 2 aromatic carbocycles. The molecule has 0 spiro atoms. The SMILES string of the molecule is Cc1cccc(CSc2nc3c(c(=O)[nH]2)[C@@H](c2ccc(C)cc2C)CC(=O)N3)c1. The summed E-state index contributed by atoms with van der Waals surface area (Å²) in [6.07, 6.45) is 0.247. The summed E-state index contributed by atoms with van der Waals surface area (Å²) in [7, 11) is 0. The number of hydrogen-bond acceptors (Lipinski definition) is 4. The first-order chi connectivity index (χ1) is 13.9. The fourth-order valence-corrected chi connectivity index (χ4v) is 4.66. The minimum atomic E-state index is -0.286. The van der Waals surface area contributed by atoms with Gasteiger partial charge in [-0.3, -0.25) is 9.59 Å². The first-order valence-corrected chi connectivity index (χ1v) is 10.6. The third-order valence-electron chi connectivity index (χ3n) is 5.19. The number of benzene rings is 2. The predicted molar refractivity (Wildman–Crippen MR) is 117 cm³/mol. The van der Waals surface area contributed by atoms with Crippen molar-refractivity contribution in [3.05, 3.63) is 86.2 Å². The molecule has 0 fully saturated rings. The van der Waals surface area contributed by atoms with E-state index >= 15 is 0 Å². The summed E-state index contributed by atoms with van der Waals surface area (Å²) in [5, 5.41) is 3.31. The smallest absolute Gasteiger partial charge is 0.257 e. The predicted octanol–water partition coefficient (Wildman–Crippen LogP) is 4.46. The van der Waals surface area contributed by atoms with Crippen LogP contribution in [0.5, 0.6) is 0 Å². The number of hydrogen-bond donors (Lipinski definition) is 2. The molecule has 3 aromatic rings. The number of carbonyl (C=O) groups excluding carboxylic acids is 1. The summed E-state index contributed by atoms with van der Waals surface area (Å²) in [4.78, 5) is 32.8. The number of aryl methyl sites for hydroxylation is 3. The Kier molecular flexibility index (Phi) is 5.28. The van der Waals surface area contributed by atoms with Gasteiger partial charge in [0.15, 0.2) is 5.16 Å². The molecule has 1 amide bonds. The molecule has 1 aromatic heterocycles. The molecule has 4 rings (SSSR count). The molecule has 0 bridgehead atoms. The molecule has 148 valence electrons. The van der Waals surface area contributed by atoms with Crippen LogP contribution >= 0.6 is 11.8 Å². The molecule has 2 heterocycles. The highest BCUT2D eigenvalue weighted by Gasteiger charge is 2.31. The summed E-state index contributed by atoms with van der Waals surface area (Å²) in [6.45, 7) is 6.10. The number of anilines is 1. The van der Waals surface area contributed by atoms with Crippen LogP contribution in [0.25, 0.3) is 0 Å². The quantitative estimate of drug-likeness (QED) is 0.496. The Hall–Kier alpha value is -2.86. The van der Waals surface area contributed by atoms with Crippen molar-refractivity contribution in [1.29, 1.82) is 0 Å². The van der Waals surface area contributed by atoms with E-state index in [4.69, 9.17) is 0 Å². The second-order valence-corrected chi connectivity index (χ2v) is 8.54. The maximum Gasteiger partial charge on any atom is 0.257 e. The Labute approximate surface area is 174 Å². The number of carbonyl (C=O) groups is 1. The normalized spacial score (nSPS) is 15.7. The number of nitrogens with one attached hydrogen (secondary N) is 2. The van der Waals surface area contributed by atoms with Gasteiger partial charge in [-0.1, -0.05) is 65.4 Å². The molecule has 0 saturated heterocycles. The van der Waals surface area contributed by atoms with E-state index in [2.05, 4.69) is 46.5 Å². The van der Waals surface area contributed by atoms with Gasteiger partial charge >= 0.3 is 0 Å². The second-order valence-electron chi connectivity index (χ2n) is 7.58. The first kappa shape index (κ1) is 19.5. The van der Waals surface area contributed by atoms with E-state index in [1.807, 2.05) is 32.0 Å². The molecule has 0 unspecified atom stereocenters. The van der Waals surface area contributed by atoms with E-state index in [0.29, 0.717) is 22.3 Å². The van der Waals surface area contributed by atoms with Crippen molar-refractivity contribution in [3.8, 4) is 0 Å².